The molecule has 0 fully saturated rings. The fourth-order valence-corrected chi connectivity index (χ4v) is 10.00. The van der Waals surface area contributed by atoms with E-state index in [1.165, 1.54) is 11.1 Å². The molecule has 0 spiro atoms. The first-order chi connectivity index (χ1) is 28.2. The SMILES string of the molecule is Cc1cc2c(c(C)c1N1c3cccc4c3B(c3oc5ccc(C(C)(C)C)cc5c31)c1oc3ccc(C(C)(C)C)cc3c1N4c1c(C)cc3c(c1C)OCCO3)OCCO2. The molecule has 0 N–H and O–H groups in total. The van der Waals surface area contributed by atoms with Crippen molar-refractivity contribution in [2.75, 3.05) is 36.2 Å². The van der Waals surface area contributed by atoms with Gasteiger partial charge < -0.3 is 37.6 Å². The average Bonchev–Trinajstić information content (AvgIpc) is 3.77. The molecule has 11 rings (SSSR count). The first kappa shape index (κ1) is 36.1. The summed E-state index contributed by atoms with van der Waals surface area (Å²) in [4.78, 5) is 4.86. The predicted molar refractivity (Wildman–Crippen MR) is 238 cm³/mol. The molecule has 0 radical (unpaired) electrons. The van der Waals surface area contributed by atoms with Crippen LogP contribution in [0.2, 0.25) is 0 Å². The van der Waals surface area contributed by atoms with Gasteiger partial charge in [0.25, 0.3) is 0 Å². The Balaban J connectivity index is 1.28. The Morgan fingerprint density at radius 2 is 0.932 bits per heavy atom. The fraction of sp³-hybridized carbons (Fsp3) is 0.320. The van der Waals surface area contributed by atoms with E-state index in [-0.39, 0.29) is 17.5 Å². The molecule has 298 valence electrons. The topological polar surface area (TPSA) is 69.7 Å². The zero-order valence-corrected chi connectivity index (χ0v) is 35.6. The molecule has 0 saturated carbocycles. The van der Waals surface area contributed by atoms with Gasteiger partial charge in [-0.1, -0.05) is 59.7 Å². The quantitative estimate of drug-likeness (QED) is 0.161. The van der Waals surface area contributed by atoms with Gasteiger partial charge in [0.2, 0.25) is 0 Å². The summed E-state index contributed by atoms with van der Waals surface area (Å²) < 4.78 is 39.5. The third-order valence-electron chi connectivity index (χ3n) is 12.8. The lowest BCUT2D eigenvalue weighted by Gasteiger charge is -2.42. The molecule has 0 atom stereocenters. The summed E-state index contributed by atoms with van der Waals surface area (Å²) in [5, 5.41) is 2.12. The Hall–Kier alpha value is -5.96. The summed E-state index contributed by atoms with van der Waals surface area (Å²) in [6.45, 7) is 23.9. The van der Waals surface area contributed by atoms with Crippen molar-refractivity contribution in [2.45, 2.75) is 80.1 Å². The standard InChI is InChI=1S/C50H49BN2O6/c1-26-22-38-45(56-20-18-54-38)28(3)41(26)52-34-12-11-13-35-40(34)51(47-43(52)32-24-30(49(5,6)7)14-16-36(32)58-47)48-44(33-25-31(50(8,9)10)15-17-37(33)59-48)53(35)42-27(2)23-39-46(29(42)4)57-21-19-55-39/h11-17,22-25H,18-21H2,1-10H3. The first-order valence-electron chi connectivity index (χ1n) is 20.9. The van der Waals surface area contributed by atoms with Crippen LogP contribution >= 0.6 is 0 Å². The van der Waals surface area contributed by atoms with E-state index in [9.17, 15) is 0 Å². The minimum Gasteiger partial charge on any atom is -0.486 e. The first-order valence-corrected chi connectivity index (χ1v) is 20.9. The van der Waals surface area contributed by atoms with Crippen molar-refractivity contribution >= 4 is 79.6 Å². The van der Waals surface area contributed by atoms with Gasteiger partial charge in [0.05, 0.1) is 22.7 Å². The molecule has 7 aromatic rings. The zero-order chi connectivity index (χ0) is 40.9. The number of ether oxygens (including phenoxy) is 4. The van der Waals surface area contributed by atoms with Gasteiger partial charge in [-0.3, -0.25) is 0 Å². The minimum absolute atomic E-state index is 0.0763. The summed E-state index contributed by atoms with van der Waals surface area (Å²) in [6.07, 6.45) is 0. The van der Waals surface area contributed by atoms with Gasteiger partial charge in [0.1, 0.15) is 48.9 Å². The molecule has 5 aromatic carbocycles. The lowest BCUT2D eigenvalue weighted by atomic mass is 9.37. The van der Waals surface area contributed by atoms with Crippen LogP contribution in [0.1, 0.15) is 74.9 Å². The second-order valence-corrected chi connectivity index (χ2v) is 18.7. The van der Waals surface area contributed by atoms with Crippen LogP contribution < -0.4 is 45.5 Å². The van der Waals surface area contributed by atoms with Crippen LogP contribution in [0.15, 0.2) is 75.6 Å². The van der Waals surface area contributed by atoms with Crippen LogP contribution in [0.3, 0.4) is 0 Å². The molecule has 0 bridgehead atoms. The summed E-state index contributed by atoms with van der Waals surface area (Å²) in [6, 6.07) is 24.3. The van der Waals surface area contributed by atoms with E-state index in [2.05, 4.69) is 146 Å². The van der Waals surface area contributed by atoms with Gasteiger partial charge in [0.15, 0.2) is 23.0 Å². The molecule has 4 aliphatic heterocycles. The molecule has 0 unspecified atom stereocenters. The molecule has 4 aliphatic rings. The van der Waals surface area contributed by atoms with E-state index in [1.54, 1.807) is 0 Å². The van der Waals surface area contributed by atoms with Crippen molar-refractivity contribution in [1.29, 1.82) is 0 Å². The number of fused-ring (bicyclic) bond motifs is 10. The maximum Gasteiger partial charge on any atom is 0.342 e. The molecule has 2 aromatic heterocycles. The largest absolute Gasteiger partial charge is 0.486 e. The van der Waals surface area contributed by atoms with Gasteiger partial charge >= 0.3 is 6.71 Å². The molecule has 8 nitrogen and oxygen atoms in total. The van der Waals surface area contributed by atoms with Crippen molar-refractivity contribution in [3.63, 3.8) is 0 Å². The Kier molecular flexibility index (Phi) is 7.53. The average molecular weight is 785 g/mol. The Bertz CT molecular complexity index is 2750. The zero-order valence-electron chi connectivity index (χ0n) is 35.6. The monoisotopic (exact) mass is 784 g/mol. The minimum atomic E-state index is -0.342. The highest BCUT2D eigenvalue weighted by Gasteiger charge is 2.51. The van der Waals surface area contributed by atoms with Gasteiger partial charge in [0, 0.05) is 33.3 Å². The van der Waals surface area contributed by atoms with Gasteiger partial charge in [-0.2, -0.15) is 0 Å². The number of rotatable bonds is 2. The lowest BCUT2D eigenvalue weighted by molar-refractivity contribution is 0.170. The van der Waals surface area contributed by atoms with Crippen LogP contribution in [0.5, 0.6) is 23.0 Å². The summed E-state index contributed by atoms with van der Waals surface area (Å²) >= 11 is 0. The molecule has 0 aliphatic carbocycles. The van der Waals surface area contributed by atoms with Crippen molar-refractivity contribution in [1.82, 2.24) is 0 Å². The highest BCUT2D eigenvalue weighted by molar-refractivity contribution is 6.99. The molecule has 59 heavy (non-hydrogen) atoms. The molecule has 6 heterocycles. The Labute approximate surface area is 345 Å². The van der Waals surface area contributed by atoms with E-state index < -0.39 is 0 Å². The van der Waals surface area contributed by atoms with E-state index in [1.807, 2.05) is 0 Å². The van der Waals surface area contributed by atoms with Crippen LogP contribution in [0, 0.1) is 27.7 Å². The molecular formula is C50H49BN2O6. The van der Waals surface area contributed by atoms with Crippen LogP contribution in [-0.4, -0.2) is 33.1 Å². The lowest BCUT2D eigenvalue weighted by Crippen LogP contribution is -2.60. The van der Waals surface area contributed by atoms with E-state index in [4.69, 9.17) is 27.8 Å². The summed E-state index contributed by atoms with van der Waals surface area (Å²) in [5.41, 5.74) is 17.3. The van der Waals surface area contributed by atoms with Crippen molar-refractivity contribution in [3.05, 3.63) is 100 Å². The van der Waals surface area contributed by atoms with Gasteiger partial charge in [-0.15, -0.1) is 0 Å². The highest BCUT2D eigenvalue weighted by atomic mass is 16.6. The number of anilines is 6. The number of nitrogens with zero attached hydrogens (tertiary/aromatic N) is 2. The summed E-state index contributed by atoms with van der Waals surface area (Å²) in [5.74, 6) is 3.13. The summed E-state index contributed by atoms with van der Waals surface area (Å²) in [7, 11) is 0. The van der Waals surface area contributed by atoms with Crippen LogP contribution in [0.4, 0.5) is 34.1 Å². The van der Waals surface area contributed by atoms with Crippen LogP contribution in [0.25, 0.3) is 21.9 Å². The Morgan fingerprint density at radius 1 is 0.508 bits per heavy atom. The normalized spacial score (nSPS) is 15.5. The van der Waals surface area contributed by atoms with Gasteiger partial charge in [-0.05, 0) is 115 Å². The second-order valence-electron chi connectivity index (χ2n) is 18.7. The fourth-order valence-electron chi connectivity index (χ4n) is 10.00. The number of aryl methyl sites for hydroxylation is 2. The van der Waals surface area contributed by atoms with Gasteiger partial charge in [-0.25, -0.2) is 0 Å². The van der Waals surface area contributed by atoms with E-state index in [0.717, 1.165) is 118 Å². The number of hydrogen-bond donors (Lipinski definition) is 0. The van der Waals surface area contributed by atoms with Crippen molar-refractivity contribution < 1.29 is 27.8 Å². The molecule has 9 heteroatoms. The van der Waals surface area contributed by atoms with E-state index >= 15 is 0 Å². The van der Waals surface area contributed by atoms with Crippen molar-refractivity contribution in [2.24, 2.45) is 0 Å². The Morgan fingerprint density at radius 3 is 1.36 bits per heavy atom. The number of furan rings is 2. The number of benzene rings is 5. The maximum atomic E-state index is 7.23. The molecule has 0 saturated heterocycles. The third-order valence-corrected chi connectivity index (χ3v) is 12.8. The molecule has 0 amide bonds. The maximum absolute atomic E-state index is 7.23. The predicted octanol–water partition coefficient (Wildman–Crippen LogP) is 10.6. The molecular weight excluding hydrogens is 735 g/mol. The van der Waals surface area contributed by atoms with Crippen molar-refractivity contribution in [3.8, 4) is 23.0 Å². The highest BCUT2D eigenvalue weighted by Crippen LogP contribution is 2.54. The third kappa shape index (κ3) is 5.09. The smallest absolute Gasteiger partial charge is 0.342 e. The van der Waals surface area contributed by atoms with Crippen LogP contribution in [-0.2, 0) is 10.8 Å². The van der Waals surface area contributed by atoms with E-state index in [0.29, 0.717) is 26.4 Å². The number of hydrogen-bond acceptors (Lipinski definition) is 8. The second kappa shape index (κ2) is 12.3.